The van der Waals surface area contributed by atoms with E-state index in [-0.39, 0.29) is 0 Å². The van der Waals surface area contributed by atoms with Gasteiger partial charge in [0, 0.05) is 6.04 Å². The predicted molar refractivity (Wildman–Crippen MR) is 39.2 cm³/mol. The molecule has 9 heavy (non-hydrogen) atoms. The molecule has 1 rings (SSSR count). The van der Waals surface area contributed by atoms with Crippen molar-refractivity contribution in [2.45, 2.75) is 18.9 Å². The van der Waals surface area contributed by atoms with Crippen molar-refractivity contribution in [3.8, 4) is 0 Å². The molecule has 0 spiro atoms. The minimum Gasteiger partial charge on any atom is -0.300 e. The highest BCUT2D eigenvalue weighted by atomic mass is 32.1. The fraction of sp³-hybridized carbons (Fsp3) is 0.750. The van der Waals surface area contributed by atoms with Gasteiger partial charge in [0.25, 0.3) is 0 Å². The second kappa shape index (κ2) is 2.95. The number of nitrogens with one attached hydrogen (secondary N) is 3. The Bertz CT molecular complexity index is 111. The molecule has 4 nitrogen and oxygen atoms in total. The summed E-state index contributed by atoms with van der Waals surface area (Å²) in [7, 11) is 0. The number of hydrogen-bond acceptors (Lipinski definition) is 3. The standard InChI is InChI=1S/C4H10N4S/c5-6-4(9)8-7-3-1-2-3/h3,7H,1-2,5H2,(H2,6,8,9). The van der Waals surface area contributed by atoms with Crippen LogP contribution < -0.4 is 22.1 Å². The van der Waals surface area contributed by atoms with E-state index in [0.717, 1.165) is 0 Å². The quantitative estimate of drug-likeness (QED) is 0.228. The highest BCUT2D eigenvalue weighted by Gasteiger charge is 2.20. The van der Waals surface area contributed by atoms with Gasteiger partial charge in [0.15, 0.2) is 5.11 Å². The normalized spacial score (nSPS) is 17.0. The molecule has 5 N–H and O–H groups in total. The van der Waals surface area contributed by atoms with Crippen LogP contribution in [0.1, 0.15) is 12.8 Å². The second-order valence-corrected chi connectivity index (χ2v) is 2.43. The maximum Gasteiger partial charge on any atom is 0.195 e. The Labute approximate surface area is 59.1 Å². The van der Waals surface area contributed by atoms with Gasteiger partial charge >= 0.3 is 0 Å². The molecule has 0 amide bonds. The van der Waals surface area contributed by atoms with Crippen LogP contribution in [-0.2, 0) is 0 Å². The molecule has 1 saturated carbocycles. The number of nitrogens with two attached hydrogens (primary N) is 1. The molecule has 0 aromatic carbocycles. The Morgan fingerprint density at radius 1 is 1.56 bits per heavy atom. The number of thiocarbonyl (C=S) groups is 1. The van der Waals surface area contributed by atoms with Crippen LogP contribution in [0.2, 0.25) is 0 Å². The molecule has 0 saturated heterocycles. The first-order valence-corrected chi connectivity index (χ1v) is 3.26. The van der Waals surface area contributed by atoms with Crippen molar-refractivity contribution >= 4 is 17.3 Å². The maximum absolute atomic E-state index is 4.98. The fourth-order valence-corrected chi connectivity index (χ4v) is 0.490. The lowest BCUT2D eigenvalue weighted by Crippen LogP contribution is -2.47. The molecular formula is C4H10N4S. The second-order valence-electron chi connectivity index (χ2n) is 2.02. The average Bonchev–Trinajstić information content (AvgIpc) is 2.65. The summed E-state index contributed by atoms with van der Waals surface area (Å²) in [6.07, 6.45) is 2.44. The van der Waals surface area contributed by atoms with Gasteiger partial charge in [0.2, 0.25) is 0 Å². The van der Waals surface area contributed by atoms with Gasteiger partial charge in [0.05, 0.1) is 0 Å². The van der Waals surface area contributed by atoms with E-state index in [0.29, 0.717) is 11.2 Å². The zero-order valence-corrected chi connectivity index (χ0v) is 5.79. The molecule has 1 fully saturated rings. The van der Waals surface area contributed by atoms with Gasteiger partial charge in [0.1, 0.15) is 0 Å². The van der Waals surface area contributed by atoms with Crippen LogP contribution in [-0.4, -0.2) is 11.2 Å². The van der Waals surface area contributed by atoms with E-state index in [4.69, 9.17) is 18.1 Å². The molecular weight excluding hydrogens is 136 g/mol. The van der Waals surface area contributed by atoms with E-state index in [9.17, 15) is 0 Å². The summed E-state index contributed by atoms with van der Waals surface area (Å²) in [5, 5.41) is 0.432. The first kappa shape index (κ1) is 6.73. The maximum atomic E-state index is 4.98. The SMILES string of the molecule is NNC(=S)NNC1CC1. The van der Waals surface area contributed by atoms with Crippen molar-refractivity contribution in [3.63, 3.8) is 0 Å². The van der Waals surface area contributed by atoms with E-state index in [1.165, 1.54) is 12.8 Å². The molecule has 0 unspecified atom stereocenters. The molecule has 0 heterocycles. The number of hydrogen-bond donors (Lipinski definition) is 4. The molecule has 1 aliphatic rings. The smallest absolute Gasteiger partial charge is 0.195 e. The molecule has 0 aromatic heterocycles. The molecule has 0 radical (unpaired) electrons. The van der Waals surface area contributed by atoms with Gasteiger partial charge < -0.3 is 0 Å². The summed E-state index contributed by atoms with van der Waals surface area (Å²) < 4.78 is 0. The minimum atomic E-state index is 0.432. The third kappa shape index (κ3) is 2.59. The van der Waals surface area contributed by atoms with Crippen LogP contribution in [0, 0.1) is 0 Å². The van der Waals surface area contributed by atoms with E-state index < -0.39 is 0 Å². The lowest BCUT2D eigenvalue weighted by atomic mass is 10.8. The zero-order valence-electron chi connectivity index (χ0n) is 4.98. The van der Waals surface area contributed by atoms with Crippen molar-refractivity contribution in [2.24, 2.45) is 5.84 Å². The van der Waals surface area contributed by atoms with E-state index >= 15 is 0 Å². The summed E-state index contributed by atoms with van der Waals surface area (Å²) >= 11 is 4.69. The summed E-state index contributed by atoms with van der Waals surface area (Å²) in [6.45, 7) is 0. The number of hydrazine groups is 2. The molecule has 0 aliphatic heterocycles. The van der Waals surface area contributed by atoms with Crippen LogP contribution in [0.15, 0.2) is 0 Å². The Hall–Kier alpha value is -0.390. The first-order valence-electron chi connectivity index (χ1n) is 2.85. The summed E-state index contributed by atoms with van der Waals surface area (Å²) in [4.78, 5) is 0. The van der Waals surface area contributed by atoms with Crippen LogP contribution >= 0.6 is 12.2 Å². The Morgan fingerprint density at radius 2 is 2.22 bits per heavy atom. The topological polar surface area (TPSA) is 62.1 Å². The van der Waals surface area contributed by atoms with Crippen LogP contribution in [0.4, 0.5) is 0 Å². The van der Waals surface area contributed by atoms with Crippen molar-refractivity contribution in [2.75, 3.05) is 0 Å². The summed E-state index contributed by atoms with van der Waals surface area (Å²) in [6, 6.07) is 0.594. The number of rotatable bonds is 2. The van der Waals surface area contributed by atoms with Crippen LogP contribution in [0.25, 0.3) is 0 Å². The van der Waals surface area contributed by atoms with Crippen LogP contribution in [0.5, 0.6) is 0 Å². The minimum absolute atomic E-state index is 0.432. The summed E-state index contributed by atoms with van der Waals surface area (Å²) in [5.74, 6) is 4.98. The van der Waals surface area contributed by atoms with E-state index in [1.54, 1.807) is 0 Å². The summed E-state index contributed by atoms with van der Waals surface area (Å²) in [5.41, 5.74) is 8.02. The molecule has 0 atom stereocenters. The molecule has 5 heteroatoms. The van der Waals surface area contributed by atoms with Gasteiger partial charge in [-0.05, 0) is 25.1 Å². The largest absolute Gasteiger partial charge is 0.300 e. The lowest BCUT2D eigenvalue weighted by Gasteiger charge is -2.05. The zero-order chi connectivity index (χ0) is 6.69. The van der Waals surface area contributed by atoms with Crippen molar-refractivity contribution in [3.05, 3.63) is 0 Å². The fourth-order valence-electron chi connectivity index (χ4n) is 0.431. The third-order valence-electron chi connectivity index (χ3n) is 1.10. The van der Waals surface area contributed by atoms with Gasteiger partial charge in [-0.25, -0.2) is 11.3 Å². The van der Waals surface area contributed by atoms with Gasteiger partial charge in [-0.1, -0.05) is 0 Å². The third-order valence-corrected chi connectivity index (χ3v) is 1.32. The lowest BCUT2D eigenvalue weighted by molar-refractivity contribution is 0.639. The monoisotopic (exact) mass is 146 g/mol. The highest BCUT2D eigenvalue weighted by molar-refractivity contribution is 7.80. The Morgan fingerprint density at radius 3 is 2.67 bits per heavy atom. The van der Waals surface area contributed by atoms with Crippen LogP contribution in [0.3, 0.4) is 0 Å². The Balaban J connectivity index is 1.96. The Kier molecular flexibility index (Phi) is 2.21. The van der Waals surface area contributed by atoms with Crippen molar-refractivity contribution in [1.29, 1.82) is 0 Å². The van der Waals surface area contributed by atoms with Crippen molar-refractivity contribution < 1.29 is 0 Å². The molecule has 52 valence electrons. The van der Waals surface area contributed by atoms with Gasteiger partial charge in [-0.3, -0.25) is 10.9 Å². The molecule has 0 aromatic rings. The highest BCUT2D eigenvalue weighted by Crippen LogP contribution is 2.17. The molecule has 1 aliphatic carbocycles. The average molecular weight is 146 g/mol. The van der Waals surface area contributed by atoms with Gasteiger partial charge in [-0.15, -0.1) is 0 Å². The first-order chi connectivity index (χ1) is 4.33. The molecule has 0 bridgehead atoms. The van der Waals surface area contributed by atoms with E-state index in [2.05, 4.69) is 16.3 Å². The van der Waals surface area contributed by atoms with E-state index in [1.807, 2.05) is 0 Å². The van der Waals surface area contributed by atoms with Crippen molar-refractivity contribution in [1.82, 2.24) is 16.3 Å². The van der Waals surface area contributed by atoms with Gasteiger partial charge in [-0.2, -0.15) is 0 Å². The predicted octanol–water partition coefficient (Wildman–Crippen LogP) is -1.01.